The van der Waals surface area contributed by atoms with Crippen LogP contribution < -0.4 is 0 Å². The van der Waals surface area contributed by atoms with Crippen molar-refractivity contribution in [1.82, 2.24) is 4.98 Å². The van der Waals surface area contributed by atoms with E-state index in [1.807, 2.05) is 0 Å². The number of aromatic nitrogens is 1. The van der Waals surface area contributed by atoms with E-state index in [9.17, 15) is 18.5 Å². The van der Waals surface area contributed by atoms with Crippen LogP contribution in [0.15, 0.2) is 70.7 Å². The summed E-state index contributed by atoms with van der Waals surface area (Å²) in [6, 6.07) is 11.4. The largest absolute Gasteiger partial charge is 0.269 e. The third kappa shape index (κ3) is 2.31. The van der Waals surface area contributed by atoms with Crippen LogP contribution in [0.1, 0.15) is 0 Å². The first-order valence-corrected chi connectivity index (χ1v) is 7.81. The molecule has 0 atom stereocenters. The summed E-state index contributed by atoms with van der Waals surface area (Å²) in [5, 5.41) is 11.9. The summed E-state index contributed by atoms with van der Waals surface area (Å²) in [7, 11) is -3.76. The Morgan fingerprint density at radius 3 is 2.41 bits per heavy atom. The van der Waals surface area contributed by atoms with E-state index in [-0.39, 0.29) is 15.5 Å². The number of non-ortho nitro benzene ring substituents is 1. The highest BCUT2D eigenvalue weighted by molar-refractivity contribution is 7.91. The minimum atomic E-state index is -3.76. The average Bonchev–Trinajstić information content (AvgIpc) is 2.54. The van der Waals surface area contributed by atoms with E-state index in [1.54, 1.807) is 24.4 Å². The molecule has 0 aliphatic heterocycles. The van der Waals surface area contributed by atoms with Crippen LogP contribution in [0.2, 0.25) is 0 Å². The Morgan fingerprint density at radius 1 is 1.00 bits per heavy atom. The van der Waals surface area contributed by atoms with Gasteiger partial charge >= 0.3 is 0 Å². The predicted octanol–water partition coefficient (Wildman–Crippen LogP) is 2.98. The van der Waals surface area contributed by atoms with Crippen LogP contribution in [0.5, 0.6) is 0 Å². The number of nitro groups is 1. The van der Waals surface area contributed by atoms with Crippen molar-refractivity contribution in [2.24, 2.45) is 0 Å². The van der Waals surface area contributed by atoms with Crippen molar-refractivity contribution in [3.05, 3.63) is 71.0 Å². The normalized spacial score (nSPS) is 11.5. The molecule has 0 bridgehead atoms. The lowest BCUT2D eigenvalue weighted by molar-refractivity contribution is -0.384. The molecule has 0 aliphatic carbocycles. The number of hydrogen-bond donors (Lipinski definition) is 0. The summed E-state index contributed by atoms with van der Waals surface area (Å²) < 4.78 is 25.5. The molecule has 0 fully saturated rings. The molecule has 0 saturated carbocycles. The summed E-state index contributed by atoms with van der Waals surface area (Å²) in [4.78, 5) is 14.2. The Morgan fingerprint density at radius 2 is 1.73 bits per heavy atom. The SMILES string of the molecule is O=[N+]([O-])c1ccc(S(=O)(=O)c2cccc3cnccc23)cc1. The molecule has 3 aromatic rings. The summed E-state index contributed by atoms with van der Waals surface area (Å²) in [6.07, 6.45) is 3.11. The number of sulfone groups is 1. The second kappa shape index (κ2) is 5.19. The molecule has 0 N–H and O–H groups in total. The highest BCUT2D eigenvalue weighted by atomic mass is 32.2. The van der Waals surface area contributed by atoms with Crippen molar-refractivity contribution in [2.75, 3.05) is 0 Å². The third-order valence-corrected chi connectivity index (χ3v) is 5.12. The van der Waals surface area contributed by atoms with Crippen molar-refractivity contribution >= 4 is 26.3 Å². The lowest BCUT2D eigenvalue weighted by Gasteiger charge is -2.07. The molecule has 6 nitrogen and oxygen atoms in total. The van der Waals surface area contributed by atoms with Gasteiger partial charge in [0.25, 0.3) is 5.69 Å². The zero-order valence-electron chi connectivity index (χ0n) is 11.2. The quantitative estimate of drug-likeness (QED) is 0.547. The van der Waals surface area contributed by atoms with Crippen molar-refractivity contribution in [3.8, 4) is 0 Å². The summed E-state index contributed by atoms with van der Waals surface area (Å²) >= 11 is 0. The first-order chi connectivity index (χ1) is 10.5. The number of benzene rings is 2. The Hall–Kier alpha value is -2.80. The summed E-state index contributed by atoms with van der Waals surface area (Å²) in [5.41, 5.74) is -0.152. The highest BCUT2D eigenvalue weighted by Gasteiger charge is 2.21. The van der Waals surface area contributed by atoms with Gasteiger partial charge in [-0.05, 0) is 24.3 Å². The highest BCUT2D eigenvalue weighted by Crippen LogP contribution is 2.28. The Balaban J connectivity index is 2.18. The zero-order valence-corrected chi connectivity index (χ0v) is 12.0. The molecule has 1 heterocycles. The van der Waals surface area contributed by atoms with Crippen LogP contribution in [0.25, 0.3) is 10.8 Å². The predicted molar refractivity (Wildman–Crippen MR) is 80.3 cm³/mol. The number of nitro benzene ring substituents is 1. The van der Waals surface area contributed by atoms with E-state index in [1.165, 1.54) is 36.5 Å². The molecule has 22 heavy (non-hydrogen) atoms. The molecule has 0 saturated heterocycles. The van der Waals surface area contributed by atoms with Crippen LogP contribution in [0, 0.1) is 10.1 Å². The van der Waals surface area contributed by atoms with Crippen LogP contribution >= 0.6 is 0 Å². The molecule has 0 aliphatic rings. The van der Waals surface area contributed by atoms with Crippen molar-refractivity contribution in [1.29, 1.82) is 0 Å². The van der Waals surface area contributed by atoms with E-state index in [0.29, 0.717) is 10.8 Å². The zero-order chi connectivity index (χ0) is 15.7. The van der Waals surface area contributed by atoms with Gasteiger partial charge in [-0.15, -0.1) is 0 Å². The Kier molecular flexibility index (Phi) is 3.34. The van der Waals surface area contributed by atoms with Crippen LogP contribution in [-0.4, -0.2) is 18.3 Å². The van der Waals surface area contributed by atoms with Crippen LogP contribution in [-0.2, 0) is 9.84 Å². The second-order valence-electron chi connectivity index (χ2n) is 4.61. The van der Waals surface area contributed by atoms with Crippen LogP contribution in [0.3, 0.4) is 0 Å². The van der Waals surface area contributed by atoms with Gasteiger partial charge in [0.2, 0.25) is 9.84 Å². The Bertz CT molecular complexity index is 961. The molecule has 0 amide bonds. The minimum Gasteiger partial charge on any atom is -0.264 e. The van der Waals surface area contributed by atoms with Gasteiger partial charge in [0.15, 0.2) is 0 Å². The smallest absolute Gasteiger partial charge is 0.264 e. The lowest BCUT2D eigenvalue weighted by Crippen LogP contribution is -2.03. The van der Waals surface area contributed by atoms with Crippen molar-refractivity contribution in [2.45, 2.75) is 9.79 Å². The fourth-order valence-corrected chi connectivity index (χ4v) is 3.68. The molecule has 7 heteroatoms. The van der Waals surface area contributed by atoms with Gasteiger partial charge in [0.05, 0.1) is 14.7 Å². The van der Waals surface area contributed by atoms with E-state index in [2.05, 4.69) is 4.98 Å². The number of fused-ring (bicyclic) bond motifs is 1. The third-order valence-electron chi connectivity index (χ3n) is 3.29. The van der Waals surface area contributed by atoms with Crippen molar-refractivity contribution in [3.63, 3.8) is 0 Å². The van der Waals surface area contributed by atoms with Gasteiger partial charge in [-0.3, -0.25) is 15.1 Å². The molecule has 0 spiro atoms. The maximum Gasteiger partial charge on any atom is 0.269 e. The number of nitrogens with zero attached hydrogens (tertiary/aromatic N) is 2. The fraction of sp³-hybridized carbons (Fsp3) is 0. The molecular weight excluding hydrogens is 304 g/mol. The van der Waals surface area contributed by atoms with Gasteiger partial charge < -0.3 is 0 Å². The molecule has 0 unspecified atom stereocenters. The van der Waals surface area contributed by atoms with Crippen molar-refractivity contribution < 1.29 is 13.3 Å². The second-order valence-corrected chi connectivity index (χ2v) is 6.53. The maximum absolute atomic E-state index is 12.7. The first kappa shape index (κ1) is 14.2. The summed E-state index contributed by atoms with van der Waals surface area (Å²) in [6.45, 7) is 0. The van der Waals surface area contributed by atoms with Gasteiger partial charge in [-0.2, -0.15) is 0 Å². The number of hydrogen-bond acceptors (Lipinski definition) is 5. The summed E-state index contributed by atoms with van der Waals surface area (Å²) in [5.74, 6) is 0. The van der Waals surface area contributed by atoms with E-state index in [4.69, 9.17) is 0 Å². The average molecular weight is 314 g/mol. The molecule has 3 rings (SSSR count). The molecule has 1 aromatic heterocycles. The minimum absolute atomic E-state index is 0.0161. The number of pyridine rings is 1. The van der Waals surface area contributed by atoms with Gasteiger partial charge in [-0.25, -0.2) is 8.42 Å². The van der Waals surface area contributed by atoms with E-state index < -0.39 is 14.8 Å². The van der Waals surface area contributed by atoms with Crippen LogP contribution in [0.4, 0.5) is 5.69 Å². The topological polar surface area (TPSA) is 90.2 Å². The number of rotatable bonds is 3. The van der Waals surface area contributed by atoms with Gasteiger partial charge in [0, 0.05) is 35.3 Å². The Labute approximate surface area is 126 Å². The molecule has 0 radical (unpaired) electrons. The fourth-order valence-electron chi connectivity index (χ4n) is 2.20. The maximum atomic E-state index is 12.7. The molecular formula is C15H10N2O4S. The molecule has 110 valence electrons. The monoisotopic (exact) mass is 314 g/mol. The van der Waals surface area contributed by atoms with Gasteiger partial charge in [0.1, 0.15) is 0 Å². The molecule has 2 aromatic carbocycles. The van der Waals surface area contributed by atoms with E-state index >= 15 is 0 Å². The standard InChI is InChI=1S/C15H10N2O4S/c18-17(19)12-4-6-13(7-5-12)22(20,21)15-3-1-2-11-10-16-9-8-14(11)15/h1-10H. The lowest BCUT2D eigenvalue weighted by atomic mass is 10.2. The van der Waals surface area contributed by atoms with Gasteiger partial charge in [-0.1, -0.05) is 12.1 Å². The first-order valence-electron chi connectivity index (χ1n) is 6.32. The van der Waals surface area contributed by atoms with E-state index in [0.717, 1.165) is 0 Å².